The Labute approximate surface area is 146 Å². The average molecular weight is 328 g/mol. The van der Waals surface area contributed by atoms with E-state index in [0.717, 1.165) is 23.3 Å². The van der Waals surface area contributed by atoms with Crippen molar-refractivity contribution in [2.45, 2.75) is 25.8 Å². The number of aromatic nitrogens is 3. The van der Waals surface area contributed by atoms with Gasteiger partial charge in [-0.15, -0.1) is 0 Å². The number of rotatable bonds is 2. The molecule has 1 atom stereocenters. The fourth-order valence-corrected chi connectivity index (χ4v) is 3.91. The van der Waals surface area contributed by atoms with Gasteiger partial charge in [-0.3, -0.25) is 4.98 Å². The second-order valence-electron chi connectivity index (χ2n) is 6.88. The largest absolute Gasteiger partial charge is 0.346 e. The lowest BCUT2D eigenvalue weighted by Gasteiger charge is -2.16. The molecule has 124 valence electrons. The van der Waals surface area contributed by atoms with E-state index in [1.165, 1.54) is 40.3 Å². The summed E-state index contributed by atoms with van der Waals surface area (Å²) >= 11 is 0. The number of nitrogens with one attached hydrogen (secondary N) is 2. The number of H-pyrrole nitrogens is 1. The molecule has 3 aromatic heterocycles. The van der Waals surface area contributed by atoms with Gasteiger partial charge in [0.25, 0.3) is 0 Å². The fraction of sp³-hybridized carbons (Fsp3) is 0.238. The van der Waals surface area contributed by atoms with Crippen molar-refractivity contribution >= 4 is 21.9 Å². The van der Waals surface area contributed by atoms with E-state index in [9.17, 15) is 0 Å². The SMILES string of the molecule is Cc1c[nH]c2ncc(-c3cc(C4CCCN4)c4cccnc4c3)cc12. The summed E-state index contributed by atoms with van der Waals surface area (Å²) in [5, 5.41) is 6.06. The van der Waals surface area contributed by atoms with Gasteiger partial charge < -0.3 is 10.3 Å². The van der Waals surface area contributed by atoms with Gasteiger partial charge >= 0.3 is 0 Å². The standard InChI is InChI=1S/C21H20N4/c1-13-11-24-21-17(13)9-15(12-25-21)14-8-18(19-5-3-7-22-19)16-4-2-6-23-20(16)10-14/h2,4,6,8-12,19,22H,3,5,7H2,1H3,(H,24,25). The van der Waals surface area contributed by atoms with Crippen molar-refractivity contribution in [1.82, 2.24) is 20.3 Å². The monoisotopic (exact) mass is 328 g/mol. The maximum atomic E-state index is 4.61. The Morgan fingerprint density at radius 3 is 2.92 bits per heavy atom. The van der Waals surface area contributed by atoms with Gasteiger partial charge in [0, 0.05) is 41.0 Å². The third-order valence-corrected chi connectivity index (χ3v) is 5.26. The van der Waals surface area contributed by atoms with Crippen molar-refractivity contribution < 1.29 is 0 Å². The number of nitrogens with zero attached hydrogens (tertiary/aromatic N) is 2. The van der Waals surface area contributed by atoms with Crippen LogP contribution in [0.5, 0.6) is 0 Å². The molecule has 2 N–H and O–H groups in total. The summed E-state index contributed by atoms with van der Waals surface area (Å²) in [7, 11) is 0. The Kier molecular flexibility index (Phi) is 3.31. The predicted octanol–water partition coefficient (Wildman–Crippen LogP) is 4.51. The lowest BCUT2D eigenvalue weighted by molar-refractivity contribution is 0.653. The first-order chi connectivity index (χ1) is 12.3. The van der Waals surface area contributed by atoms with Gasteiger partial charge in [0.15, 0.2) is 0 Å². The van der Waals surface area contributed by atoms with Gasteiger partial charge in [-0.05, 0) is 67.3 Å². The zero-order valence-corrected chi connectivity index (χ0v) is 14.2. The molecule has 4 nitrogen and oxygen atoms in total. The number of hydrogen-bond acceptors (Lipinski definition) is 3. The molecule has 1 fully saturated rings. The van der Waals surface area contributed by atoms with Crippen LogP contribution in [0.15, 0.2) is 48.9 Å². The van der Waals surface area contributed by atoms with Crippen molar-refractivity contribution in [3.8, 4) is 11.1 Å². The summed E-state index contributed by atoms with van der Waals surface area (Å²) in [4.78, 5) is 12.4. The van der Waals surface area contributed by atoms with Crippen LogP contribution in [0.3, 0.4) is 0 Å². The molecule has 1 aromatic carbocycles. The first kappa shape index (κ1) is 14.6. The van der Waals surface area contributed by atoms with Gasteiger partial charge in [-0.25, -0.2) is 4.98 Å². The van der Waals surface area contributed by atoms with Gasteiger partial charge in [0.2, 0.25) is 0 Å². The molecular weight excluding hydrogens is 308 g/mol. The molecule has 0 aliphatic carbocycles. The maximum absolute atomic E-state index is 4.61. The number of hydrogen-bond donors (Lipinski definition) is 2. The molecular formula is C21H20N4. The van der Waals surface area contributed by atoms with Gasteiger partial charge in [-0.2, -0.15) is 0 Å². The summed E-state index contributed by atoms with van der Waals surface area (Å²) in [6.45, 7) is 3.20. The molecule has 0 amide bonds. The summed E-state index contributed by atoms with van der Waals surface area (Å²) in [6, 6.07) is 11.3. The Morgan fingerprint density at radius 2 is 2.04 bits per heavy atom. The van der Waals surface area contributed by atoms with Crippen LogP contribution in [0, 0.1) is 6.92 Å². The minimum atomic E-state index is 0.414. The lowest BCUT2D eigenvalue weighted by atomic mass is 9.94. The summed E-state index contributed by atoms with van der Waals surface area (Å²) in [6.07, 6.45) is 8.25. The molecule has 0 radical (unpaired) electrons. The second kappa shape index (κ2) is 5.67. The van der Waals surface area contributed by atoms with Crippen LogP contribution in [0.25, 0.3) is 33.1 Å². The predicted molar refractivity (Wildman–Crippen MR) is 102 cm³/mol. The van der Waals surface area contributed by atoms with Gasteiger partial charge in [0.05, 0.1) is 5.52 Å². The lowest BCUT2D eigenvalue weighted by Crippen LogP contribution is -2.13. The maximum Gasteiger partial charge on any atom is 0.137 e. The molecule has 4 heteroatoms. The summed E-state index contributed by atoms with van der Waals surface area (Å²) in [5.41, 5.74) is 6.89. The summed E-state index contributed by atoms with van der Waals surface area (Å²) in [5.74, 6) is 0. The highest BCUT2D eigenvalue weighted by Gasteiger charge is 2.20. The van der Waals surface area contributed by atoms with Gasteiger partial charge in [0.1, 0.15) is 5.65 Å². The molecule has 5 rings (SSSR count). The second-order valence-corrected chi connectivity index (χ2v) is 6.88. The topological polar surface area (TPSA) is 53.6 Å². The van der Waals surface area contributed by atoms with E-state index in [1.807, 2.05) is 24.7 Å². The number of aromatic amines is 1. The molecule has 25 heavy (non-hydrogen) atoms. The number of benzene rings is 1. The van der Waals surface area contributed by atoms with E-state index in [-0.39, 0.29) is 0 Å². The smallest absolute Gasteiger partial charge is 0.137 e. The first-order valence-corrected chi connectivity index (χ1v) is 8.86. The molecule has 4 heterocycles. The number of aryl methyl sites for hydroxylation is 1. The average Bonchev–Trinajstić information content (AvgIpc) is 3.31. The molecule has 1 unspecified atom stereocenters. The van der Waals surface area contributed by atoms with Crippen LogP contribution in [-0.4, -0.2) is 21.5 Å². The van der Waals surface area contributed by atoms with Crippen molar-refractivity contribution in [2.24, 2.45) is 0 Å². The Morgan fingerprint density at radius 1 is 1.08 bits per heavy atom. The molecule has 1 saturated heterocycles. The molecule has 1 aliphatic heterocycles. The Bertz CT molecular complexity index is 1070. The van der Waals surface area contributed by atoms with Crippen molar-refractivity contribution in [3.63, 3.8) is 0 Å². The minimum absolute atomic E-state index is 0.414. The Balaban J connectivity index is 1.73. The van der Waals surface area contributed by atoms with E-state index < -0.39 is 0 Å². The molecule has 4 aromatic rings. The molecule has 0 bridgehead atoms. The van der Waals surface area contributed by atoms with E-state index in [1.54, 1.807) is 0 Å². The van der Waals surface area contributed by atoms with Crippen LogP contribution < -0.4 is 5.32 Å². The molecule has 0 saturated carbocycles. The normalized spacial score (nSPS) is 17.6. The van der Waals surface area contributed by atoms with Crippen LogP contribution in [0.4, 0.5) is 0 Å². The van der Waals surface area contributed by atoms with Gasteiger partial charge in [-0.1, -0.05) is 6.07 Å². The Hall–Kier alpha value is -2.72. The van der Waals surface area contributed by atoms with Crippen LogP contribution >= 0.6 is 0 Å². The van der Waals surface area contributed by atoms with E-state index in [2.05, 4.69) is 51.5 Å². The van der Waals surface area contributed by atoms with Crippen molar-refractivity contribution in [1.29, 1.82) is 0 Å². The fourth-order valence-electron chi connectivity index (χ4n) is 3.91. The summed E-state index contributed by atoms with van der Waals surface area (Å²) < 4.78 is 0. The van der Waals surface area contributed by atoms with Crippen LogP contribution in [-0.2, 0) is 0 Å². The van der Waals surface area contributed by atoms with E-state index >= 15 is 0 Å². The van der Waals surface area contributed by atoms with Crippen molar-refractivity contribution in [3.05, 3.63) is 60.0 Å². The zero-order chi connectivity index (χ0) is 16.8. The van der Waals surface area contributed by atoms with Crippen LogP contribution in [0.1, 0.15) is 30.0 Å². The highest BCUT2D eigenvalue weighted by atomic mass is 14.9. The first-order valence-electron chi connectivity index (χ1n) is 8.86. The number of fused-ring (bicyclic) bond motifs is 2. The quantitative estimate of drug-likeness (QED) is 0.569. The van der Waals surface area contributed by atoms with Crippen molar-refractivity contribution in [2.75, 3.05) is 6.54 Å². The molecule has 1 aliphatic rings. The van der Waals surface area contributed by atoms with E-state index in [0.29, 0.717) is 6.04 Å². The van der Waals surface area contributed by atoms with E-state index in [4.69, 9.17) is 0 Å². The van der Waals surface area contributed by atoms with Crippen LogP contribution in [0.2, 0.25) is 0 Å². The molecule has 0 spiro atoms. The number of pyridine rings is 2. The highest BCUT2D eigenvalue weighted by molar-refractivity contribution is 5.90. The highest BCUT2D eigenvalue weighted by Crippen LogP contribution is 2.34. The third kappa shape index (κ3) is 2.41. The minimum Gasteiger partial charge on any atom is -0.346 e. The zero-order valence-electron chi connectivity index (χ0n) is 14.2. The third-order valence-electron chi connectivity index (χ3n) is 5.26.